The molecule has 0 unspecified atom stereocenters. The number of carbonyl (C=O) groups is 1. The van der Waals surface area contributed by atoms with Gasteiger partial charge in [0.05, 0.1) is 0 Å². The van der Waals surface area contributed by atoms with E-state index in [2.05, 4.69) is 5.32 Å². The predicted molar refractivity (Wildman–Crippen MR) is 75.1 cm³/mol. The topological polar surface area (TPSA) is 29.1 Å². The summed E-state index contributed by atoms with van der Waals surface area (Å²) in [6, 6.07) is 11.4. The molecule has 0 saturated heterocycles. The summed E-state index contributed by atoms with van der Waals surface area (Å²) in [7, 11) is 0. The maximum absolute atomic E-state index is 13.0. The van der Waals surface area contributed by atoms with E-state index in [1.165, 1.54) is 18.2 Å². The van der Waals surface area contributed by atoms with Gasteiger partial charge in [-0.3, -0.25) is 4.79 Å². The minimum Gasteiger partial charge on any atom is -0.322 e. The molecule has 0 aliphatic rings. The highest BCUT2D eigenvalue weighted by Gasteiger charge is 2.11. The fourth-order valence-electron chi connectivity index (χ4n) is 1.83. The highest BCUT2D eigenvalue weighted by atomic mass is 35.5. The van der Waals surface area contributed by atoms with Gasteiger partial charge in [-0.2, -0.15) is 0 Å². The van der Waals surface area contributed by atoms with E-state index in [1.54, 1.807) is 13.0 Å². The lowest BCUT2D eigenvalue weighted by atomic mass is 10.1. The average Bonchev–Trinajstić information content (AvgIpc) is 2.39. The van der Waals surface area contributed by atoms with Gasteiger partial charge >= 0.3 is 0 Å². The second-order valence-corrected chi connectivity index (χ2v) is 4.47. The van der Waals surface area contributed by atoms with Crippen LogP contribution in [-0.4, -0.2) is 5.91 Å². The lowest BCUT2D eigenvalue weighted by Gasteiger charge is -2.10. The second-order valence-electron chi connectivity index (χ2n) is 4.20. The van der Waals surface area contributed by atoms with Gasteiger partial charge in [0.25, 0.3) is 5.91 Å². The van der Waals surface area contributed by atoms with Crippen LogP contribution in [0.15, 0.2) is 42.5 Å². The summed E-state index contributed by atoms with van der Waals surface area (Å²) in [6.07, 6.45) is 0. The Morgan fingerprint density at radius 2 is 2.00 bits per heavy atom. The molecule has 2 aromatic rings. The van der Waals surface area contributed by atoms with Crippen LogP contribution in [0, 0.1) is 12.7 Å². The molecule has 4 heteroatoms. The monoisotopic (exact) mass is 277 g/mol. The molecule has 2 aromatic carbocycles. The first-order valence-corrected chi connectivity index (χ1v) is 6.36. The Bertz CT molecular complexity index is 613. The van der Waals surface area contributed by atoms with E-state index in [1.807, 2.05) is 18.2 Å². The second kappa shape index (κ2) is 5.85. The van der Waals surface area contributed by atoms with E-state index in [0.717, 1.165) is 5.56 Å². The molecule has 19 heavy (non-hydrogen) atoms. The summed E-state index contributed by atoms with van der Waals surface area (Å²) in [4.78, 5) is 12.1. The molecule has 0 heterocycles. The van der Waals surface area contributed by atoms with Crippen molar-refractivity contribution < 1.29 is 9.18 Å². The smallest absolute Gasteiger partial charge is 0.255 e. The zero-order valence-electron chi connectivity index (χ0n) is 10.4. The van der Waals surface area contributed by atoms with E-state index >= 15 is 0 Å². The van der Waals surface area contributed by atoms with Crippen molar-refractivity contribution in [2.45, 2.75) is 12.8 Å². The van der Waals surface area contributed by atoms with E-state index in [9.17, 15) is 9.18 Å². The third-order valence-corrected chi connectivity index (χ3v) is 3.13. The van der Waals surface area contributed by atoms with Gasteiger partial charge in [-0.25, -0.2) is 4.39 Å². The lowest BCUT2D eigenvalue weighted by Crippen LogP contribution is -2.14. The van der Waals surface area contributed by atoms with Gasteiger partial charge in [0.2, 0.25) is 0 Å². The summed E-state index contributed by atoms with van der Waals surface area (Å²) in [6.45, 7) is 1.70. The molecule has 1 N–H and O–H groups in total. The van der Waals surface area contributed by atoms with Gasteiger partial charge in [0.1, 0.15) is 5.82 Å². The third-order valence-electron chi connectivity index (χ3n) is 2.84. The SMILES string of the molecule is Cc1cc(F)ccc1C(=O)Nc1ccccc1CCl. The van der Waals surface area contributed by atoms with Gasteiger partial charge < -0.3 is 5.32 Å². The molecule has 0 aromatic heterocycles. The first kappa shape index (κ1) is 13.6. The molecule has 0 aliphatic heterocycles. The molecular weight excluding hydrogens is 265 g/mol. The molecule has 0 radical (unpaired) electrons. The van der Waals surface area contributed by atoms with E-state index in [4.69, 9.17) is 11.6 Å². The van der Waals surface area contributed by atoms with E-state index in [0.29, 0.717) is 22.7 Å². The van der Waals surface area contributed by atoms with Gasteiger partial charge in [0, 0.05) is 17.1 Å². The first-order valence-electron chi connectivity index (χ1n) is 5.83. The predicted octanol–water partition coefficient (Wildman–Crippen LogP) is 4.13. The molecule has 2 nitrogen and oxygen atoms in total. The molecule has 2 rings (SSSR count). The zero-order valence-corrected chi connectivity index (χ0v) is 11.2. The Morgan fingerprint density at radius 3 is 2.68 bits per heavy atom. The lowest BCUT2D eigenvalue weighted by molar-refractivity contribution is 0.102. The van der Waals surface area contributed by atoms with Crippen molar-refractivity contribution in [1.82, 2.24) is 0 Å². The Balaban J connectivity index is 2.26. The van der Waals surface area contributed by atoms with E-state index in [-0.39, 0.29) is 11.7 Å². The minimum absolute atomic E-state index is 0.268. The van der Waals surface area contributed by atoms with Crippen molar-refractivity contribution in [3.05, 3.63) is 65.0 Å². The summed E-state index contributed by atoms with van der Waals surface area (Å²) in [5.74, 6) is -0.302. The van der Waals surface area contributed by atoms with Gasteiger partial charge in [-0.05, 0) is 42.3 Å². The number of alkyl halides is 1. The molecule has 1 amide bonds. The number of para-hydroxylation sites is 1. The quantitative estimate of drug-likeness (QED) is 0.840. The number of carbonyl (C=O) groups excluding carboxylic acids is 1. The minimum atomic E-state index is -0.352. The summed E-state index contributed by atoms with van der Waals surface area (Å²) in [5, 5.41) is 2.79. The fourth-order valence-corrected chi connectivity index (χ4v) is 2.06. The van der Waals surface area contributed by atoms with Crippen LogP contribution in [0.3, 0.4) is 0 Å². The maximum Gasteiger partial charge on any atom is 0.255 e. The molecule has 0 saturated carbocycles. The molecule has 98 valence electrons. The number of anilines is 1. The van der Waals surface area contributed by atoms with Crippen LogP contribution in [-0.2, 0) is 5.88 Å². The molecule has 0 fully saturated rings. The Morgan fingerprint density at radius 1 is 1.26 bits per heavy atom. The molecule has 0 bridgehead atoms. The van der Waals surface area contributed by atoms with Crippen LogP contribution in [0.1, 0.15) is 21.5 Å². The molecule has 0 spiro atoms. The zero-order chi connectivity index (χ0) is 13.8. The van der Waals surface area contributed by atoms with Gasteiger partial charge in [-0.15, -0.1) is 11.6 Å². The number of hydrogen-bond donors (Lipinski definition) is 1. The van der Waals surface area contributed by atoms with Crippen molar-refractivity contribution in [3.63, 3.8) is 0 Å². The number of nitrogens with one attached hydrogen (secondary N) is 1. The highest BCUT2D eigenvalue weighted by molar-refractivity contribution is 6.17. The Kier molecular flexibility index (Phi) is 4.17. The number of hydrogen-bond acceptors (Lipinski definition) is 1. The van der Waals surface area contributed by atoms with Crippen molar-refractivity contribution in [2.24, 2.45) is 0 Å². The normalized spacial score (nSPS) is 10.3. The van der Waals surface area contributed by atoms with Crippen LogP contribution in [0.5, 0.6) is 0 Å². The van der Waals surface area contributed by atoms with Crippen LogP contribution < -0.4 is 5.32 Å². The van der Waals surface area contributed by atoms with Crippen LogP contribution in [0.2, 0.25) is 0 Å². The number of rotatable bonds is 3. The Hall–Kier alpha value is -1.87. The van der Waals surface area contributed by atoms with Crippen molar-refractivity contribution >= 4 is 23.2 Å². The molecule has 0 atom stereocenters. The first-order chi connectivity index (χ1) is 9.11. The summed E-state index contributed by atoms with van der Waals surface area (Å²) in [5.41, 5.74) is 2.56. The standard InChI is InChI=1S/C15H13ClFNO/c1-10-8-12(17)6-7-13(10)15(19)18-14-5-3-2-4-11(14)9-16/h2-8H,9H2,1H3,(H,18,19). The maximum atomic E-state index is 13.0. The van der Waals surface area contributed by atoms with Crippen LogP contribution in [0.4, 0.5) is 10.1 Å². The average molecular weight is 278 g/mol. The molecular formula is C15H13ClFNO. The number of benzene rings is 2. The Labute approximate surface area is 116 Å². The van der Waals surface area contributed by atoms with Crippen molar-refractivity contribution in [3.8, 4) is 0 Å². The van der Waals surface area contributed by atoms with Crippen molar-refractivity contribution in [1.29, 1.82) is 0 Å². The van der Waals surface area contributed by atoms with Crippen LogP contribution >= 0.6 is 11.6 Å². The van der Waals surface area contributed by atoms with Crippen molar-refractivity contribution in [2.75, 3.05) is 5.32 Å². The number of amides is 1. The number of halogens is 2. The van der Waals surface area contributed by atoms with Gasteiger partial charge in [0.15, 0.2) is 0 Å². The molecule has 0 aliphatic carbocycles. The summed E-state index contributed by atoms with van der Waals surface area (Å²) >= 11 is 5.81. The fraction of sp³-hybridized carbons (Fsp3) is 0.133. The largest absolute Gasteiger partial charge is 0.322 e. The summed E-state index contributed by atoms with van der Waals surface area (Å²) < 4.78 is 13.0. The third kappa shape index (κ3) is 3.12. The van der Waals surface area contributed by atoms with E-state index < -0.39 is 0 Å². The number of aryl methyl sites for hydroxylation is 1. The highest BCUT2D eigenvalue weighted by Crippen LogP contribution is 2.19. The van der Waals surface area contributed by atoms with Crippen LogP contribution in [0.25, 0.3) is 0 Å². The van der Waals surface area contributed by atoms with Gasteiger partial charge in [-0.1, -0.05) is 18.2 Å².